The fraction of sp³-hybridized carbons (Fsp3) is 0.526. The van der Waals surface area contributed by atoms with Crippen molar-refractivity contribution >= 4 is 5.84 Å². The van der Waals surface area contributed by atoms with Crippen LogP contribution >= 0.6 is 0 Å². The Balaban J connectivity index is 3.20. The molecule has 0 saturated heterocycles. The van der Waals surface area contributed by atoms with Crippen LogP contribution in [0.2, 0.25) is 0 Å². The first kappa shape index (κ1) is 17.5. The van der Waals surface area contributed by atoms with Crippen molar-refractivity contribution in [2.45, 2.75) is 52.5 Å². The Kier molecular flexibility index (Phi) is 6.67. The Hall–Kier alpha value is -1.57. The number of nitrogens with one attached hydrogen (secondary N) is 1. The van der Waals surface area contributed by atoms with Crippen molar-refractivity contribution in [1.82, 2.24) is 5.32 Å². The highest BCUT2D eigenvalue weighted by Crippen LogP contribution is 2.21. The van der Waals surface area contributed by atoms with Crippen molar-refractivity contribution in [3.63, 3.8) is 0 Å². The lowest BCUT2D eigenvalue weighted by atomic mass is 9.95. The molecule has 1 heterocycles. The Labute approximate surface area is 130 Å². The summed E-state index contributed by atoms with van der Waals surface area (Å²) in [6.07, 6.45) is 14.1. The summed E-state index contributed by atoms with van der Waals surface area (Å²) in [5.41, 5.74) is 2.24. The number of rotatable bonds is 2. The Bertz CT molecular complexity index is 476. The molecule has 21 heavy (non-hydrogen) atoms. The molecule has 2 nitrogen and oxygen atoms in total. The number of amidine groups is 1. The zero-order chi connectivity index (χ0) is 15.9. The van der Waals surface area contributed by atoms with E-state index in [1.807, 2.05) is 13.1 Å². The molecule has 1 N–H and O–H groups in total. The van der Waals surface area contributed by atoms with Gasteiger partial charge in [-0.1, -0.05) is 43.9 Å². The van der Waals surface area contributed by atoms with Gasteiger partial charge in [-0.25, -0.2) is 0 Å². The van der Waals surface area contributed by atoms with Crippen molar-refractivity contribution in [1.29, 1.82) is 0 Å². The maximum atomic E-state index is 4.43. The van der Waals surface area contributed by atoms with Crippen LogP contribution in [0.1, 0.15) is 47.0 Å². The average molecular weight is 286 g/mol. The number of hydrogen-bond donors (Lipinski definition) is 1. The number of allylic oxidation sites excluding steroid dienone is 6. The molecular formula is C19H30N2. The summed E-state index contributed by atoms with van der Waals surface area (Å²) in [6.45, 7) is 12.6. The minimum absolute atomic E-state index is 0.143. The maximum Gasteiger partial charge on any atom is 0.0968 e. The van der Waals surface area contributed by atoms with E-state index in [0.717, 1.165) is 18.7 Å². The van der Waals surface area contributed by atoms with Crippen molar-refractivity contribution in [2.75, 3.05) is 7.05 Å². The minimum Gasteiger partial charge on any atom is -0.365 e. The predicted molar refractivity (Wildman–Crippen MR) is 94.8 cm³/mol. The first-order valence-corrected chi connectivity index (χ1v) is 7.84. The molecule has 0 fully saturated rings. The normalized spacial score (nSPS) is 28.2. The minimum atomic E-state index is -0.143. The fourth-order valence-electron chi connectivity index (χ4n) is 2.65. The summed E-state index contributed by atoms with van der Waals surface area (Å²) < 4.78 is 0. The van der Waals surface area contributed by atoms with Gasteiger partial charge in [0.15, 0.2) is 0 Å². The van der Waals surface area contributed by atoms with Crippen LogP contribution in [0.3, 0.4) is 0 Å². The van der Waals surface area contributed by atoms with Crippen LogP contribution in [0.4, 0.5) is 0 Å². The van der Waals surface area contributed by atoms with Gasteiger partial charge in [0.1, 0.15) is 0 Å². The first-order chi connectivity index (χ1) is 9.91. The van der Waals surface area contributed by atoms with Gasteiger partial charge in [0.25, 0.3) is 0 Å². The summed E-state index contributed by atoms with van der Waals surface area (Å²) in [5, 5.41) is 3.58. The highest BCUT2D eigenvalue weighted by molar-refractivity contribution is 5.83. The van der Waals surface area contributed by atoms with E-state index in [2.05, 4.69) is 68.9 Å². The van der Waals surface area contributed by atoms with Crippen molar-refractivity contribution < 1.29 is 0 Å². The molecule has 0 aromatic carbocycles. The van der Waals surface area contributed by atoms with Crippen LogP contribution in [-0.4, -0.2) is 18.4 Å². The second kappa shape index (κ2) is 8.02. The van der Waals surface area contributed by atoms with E-state index >= 15 is 0 Å². The van der Waals surface area contributed by atoms with Gasteiger partial charge in [-0.3, -0.25) is 4.99 Å². The van der Waals surface area contributed by atoms with Crippen LogP contribution in [0.25, 0.3) is 0 Å². The van der Waals surface area contributed by atoms with Crippen LogP contribution in [0.15, 0.2) is 53.1 Å². The van der Waals surface area contributed by atoms with Crippen molar-refractivity contribution in [2.24, 2.45) is 10.9 Å². The number of hydrogen-bond acceptors (Lipinski definition) is 1. The molecule has 0 bridgehead atoms. The van der Waals surface area contributed by atoms with Gasteiger partial charge in [0.2, 0.25) is 0 Å². The number of aliphatic imine (C=N–C) groups is 1. The lowest BCUT2D eigenvalue weighted by molar-refractivity contribution is 0.524. The molecule has 1 atom stereocenters. The van der Waals surface area contributed by atoms with E-state index in [-0.39, 0.29) is 5.54 Å². The molecule has 0 aromatic rings. The lowest BCUT2D eigenvalue weighted by Gasteiger charge is -2.27. The maximum absolute atomic E-state index is 4.43. The van der Waals surface area contributed by atoms with Gasteiger partial charge >= 0.3 is 0 Å². The Morgan fingerprint density at radius 1 is 1.48 bits per heavy atom. The third-order valence-electron chi connectivity index (χ3n) is 3.78. The van der Waals surface area contributed by atoms with Gasteiger partial charge in [0.05, 0.1) is 11.4 Å². The van der Waals surface area contributed by atoms with Gasteiger partial charge in [-0.05, 0) is 50.7 Å². The molecule has 1 aliphatic heterocycles. The third-order valence-corrected chi connectivity index (χ3v) is 3.78. The molecule has 1 aliphatic rings. The predicted octanol–water partition coefficient (Wildman–Crippen LogP) is 4.82. The van der Waals surface area contributed by atoms with Gasteiger partial charge in [-0.15, -0.1) is 0 Å². The molecule has 1 rings (SSSR count). The Morgan fingerprint density at radius 2 is 2.19 bits per heavy atom. The van der Waals surface area contributed by atoms with Crippen LogP contribution in [-0.2, 0) is 0 Å². The highest BCUT2D eigenvalue weighted by Gasteiger charge is 2.19. The second-order valence-corrected chi connectivity index (χ2v) is 6.35. The smallest absolute Gasteiger partial charge is 0.0968 e. The molecule has 0 saturated carbocycles. The molecule has 2 heteroatoms. The summed E-state index contributed by atoms with van der Waals surface area (Å²) in [5.74, 6) is 1.73. The van der Waals surface area contributed by atoms with Gasteiger partial charge in [0, 0.05) is 13.5 Å². The largest absolute Gasteiger partial charge is 0.365 e. The van der Waals surface area contributed by atoms with E-state index in [0.29, 0.717) is 5.92 Å². The summed E-state index contributed by atoms with van der Waals surface area (Å²) in [6, 6.07) is 0. The van der Waals surface area contributed by atoms with Crippen molar-refractivity contribution in [3.05, 3.63) is 48.1 Å². The molecule has 0 aromatic heterocycles. The van der Waals surface area contributed by atoms with E-state index in [1.165, 1.54) is 17.6 Å². The van der Waals surface area contributed by atoms with Crippen molar-refractivity contribution in [3.8, 4) is 0 Å². The van der Waals surface area contributed by atoms with Gasteiger partial charge < -0.3 is 5.32 Å². The lowest BCUT2D eigenvalue weighted by Crippen LogP contribution is -2.42. The number of nitrogens with zero attached hydrogens (tertiary/aromatic N) is 1. The second-order valence-electron chi connectivity index (χ2n) is 6.35. The van der Waals surface area contributed by atoms with E-state index in [4.69, 9.17) is 0 Å². The topological polar surface area (TPSA) is 24.4 Å². The van der Waals surface area contributed by atoms with E-state index < -0.39 is 0 Å². The highest BCUT2D eigenvalue weighted by atomic mass is 15.0. The van der Waals surface area contributed by atoms with Crippen LogP contribution in [0.5, 0.6) is 0 Å². The molecule has 0 radical (unpaired) electrons. The molecule has 1 unspecified atom stereocenters. The fourth-order valence-corrected chi connectivity index (χ4v) is 2.65. The summed E-state index contributed by atoms with van der Waals surface area (Å²) in [7, 11) is 1.87. The van der Waals surface area contributed by atoms with Gasteiger partial charge in [-0.2, -0.15) is 0 Å². The molecule has 0 amide bonds. The quantitative estimate of drug-likeness (QED) is 0.723. The van der Waals surface area contributed by atoms with E-state index in [1.54, 1.807) is 0 Å². The zero-order valence-electron chi connectivity index (χ0n) is 14.2. The molecule has 0 spiro atoms. The molecular weight excluding hydrogens is 256 g/mol. The third kappa shape index (κ3) is 5.74. The van der Waals surface area contributed by atoms with E-state index in [9.17, 15) is 0 Å². The molecule has 0 aliphatic carbocycles. The summed E-state index contributed by atoms with van der Waals surface area (Å²) in [4.78, 5) is 4.43. The first-order valence-electron chi connectivity index (χ1n) is 7.84. The standard InChI is InChI=1S/C19H30N2/c1-7-16(8-2)17-12-10-9-11-15(3)13-18(20-6)21-19(4,5)14-17/h7-8,10,12,14-15H,1,9,11,13H2,2-6H3,(H,20,21)/b12-10?,16-8+,17-14+. The average Bonchev–Trinajstić information content (AvgIpc) is 2.44. The SMILES string of the molecule is C=CC(=C\C)/C1=C/C(C)(C)NC(=NC)CC(C)CCC=C1. The molecule has 116 valence electrons. The van der Waals surface area contributed by atoms with Crippen LogP contribution in [0, 0.1) is 5.92 Å². The summed E-state index contributed by atoms with van der Waals surface area (Å²) >= 11 is 0. The zero-order valence-corrected chi connectivity index (χ0v) is 14.2. The Morgan fingerprint density at radius 3 is 2.76 bits per heavy atom. The monoisotopic (exact) mass is 286 g/mol. The van der Waals surface area contributed by atoms with Crippen LogP contribution < -0.4 is 5.32 Å².